The van der Waals surface area contributed by atoms with E-state index in [4.69, 9.17) is 11.6 Å². The van der Waals surface area contributed by atoms with Crippen LogP contribution in [0, 0.1) is 0 Å². The van der Waals surface area contributed by atoms with Crippen molar-refractivity contribution in [1.29, 1.82) is 0 Å². The van der Waals surface area contributed by atoms with Gasteiger partial charge in [0.1, 0.15) is 6.04 Å². The molecule has 2 unspecified atom stereocenters. The Labute approximate surface area is 172 Å². The van der Waals surface area contributed by atoms with Gasteiger partial charge in [0, 0.05) is 24.0 Å². The highest BCUT2D eigenvalue weighted by Crippen LogP contribution is 2.28. The van der Waals surface area contributed by atoms with Crippen molar-refractivity contribution in [2.75, 3.05) is 12.4 Å². The molecule has 2 N–H and O–H groups in total. The summed E-state index contributed by atoms with van der Waals surface area (Å²) >= 11 is 5.87. The Kier molecular flexibility index (Phi) is 4.98. The number of rotatable bonds is 4. The topological polar surface area (TPSA) is 81.8 Å². The average Bonchev–Trinajstić information content (AvgIpc) is 3.04. The summed E-state index contributed by atoms with van der Waals surface area (Å²) in [6.07, 6.45) is 1.60. The number of imide groups is 1. The highest BCUT2D eigenvalue weighted by atomic mass is 35.5. The number of hydrogen-bond donors (Lipinski definition) is 2. The second-order valence-electron chi connectivity index (χ2n) is 6.99. The lowest BCUT2D eigenvalue weighted by molar-refractivity contribution is -0.134. The van der Waals surface area contributed by atoms with Gasteiger partial charge in [0.15, 0.2) is 0 Å². The van der Waals surface area contributed by atoms with E-state index >= 15 is 0 Å². The zero-order valence-electron chi connectivity index (χ0n) is 15.6. The first-order chi connectivity index (χ1) is 13.9. The minimum Gasteiger partial charge on any atom is -0.366 e. The summed E-state index contributed by atoms with van der Waals surface area (Å²) in [5.41, 5.74) is 1.75. The smallest absolute Gasteiger partial charge is 0.325 e. The Morgan fingerprint density at radius 1 is 1.10 bits per heavy atom. The molecule has 2 aliphatic rings. The third-order valence-electron chi connectivity index (χ3n) is 5.02. The predicted molar refractivity (Wildman–Crippen MR) is 109 cm³/mol. The molecule has 1 saturated heterocycles. The molecular formula is C21H19ClN4O3. The lowest BCUT2D eigenvalue weighted by atomic mass is 9.99. The van der Waals surface area contributed by atoms with Gasteiger partial charge < -0.3 is 15.5 Å². The Balaban J connectivity index is 1.51. The molecule has 2 aliphatic heterocycles. The number of halogens is 1. The van der Waals surface area contributed by atoms with E-state index in [0.29, 0.717) is 16.3 Å². The van der Waals surface area contributed by atoms with Crippen molar-refractivity contribution in [2.45, 2.75) is 18.6 Å². The van der Waals surface area contributed by atoms with Gasteiger partial charge in [-0.05, 0) is 29.8 Å². The van der Waals surface area contributed by atoms with E-state index in [9.17, 15) is 14.4 Å². The molecule has 0 bridgehead atoms. The summed E-state index contributed by atoms with van der Waals surface area (Å²) in [5.74, 6) is -0.716. The molecule has 2 atom stereocenters. The SMILES string of the molecule is CN1C=C(C(=O)Nc2ccc(Cl)cc2)C2NC(=O)N(Cc3ccccc3)C(=O)C21. The van der Waals surface area contributed by atoms with Crippen LogP contribution in [0.5, 0.6) is 0 Å². The first-order valence-electron chi connectivity index (χ1n) is 9.10. The fraction of sp³-hybridized carbons (Fsp3) is 0.190. The number of carbonyl (C=O) groups excluding carboxylic acids is 3. The van der Waals surface area contributed by atoms with Crippen molar-refractivity contribution in [3.05, 3.63) is 77.0 Å². The second kappa shape index (κ2) is 7.60. The van der Waals surface area contributed by atoms with E-state index in [1.807, 2.05) is 30.3 Å². The van der Waals surface area contributed by atoms with Gasteiger partial charge in [-0.2, -0.15) is 0 Å². The van der Waals surface area contributed by atoms with E-state index in [-0.39, 0.29) is 18.4 Å². The highest BCUT2D eigenvalue weighted by molar-refractivity contribution is 6.30. The number of nitrogens with zero attached hydrogens (tertiary/aromatic N) is 2. The molecular weight excluding hydrogens is 392 g/mol. The van der Waals surface area contributed by atoms with Crippen molar-refractivity contribution < 1.29 is 14.4 Å². The summed E-state index contributed by atoms with van der Waals surface area (Å²) in [6, 6.07) is 14.1. The minimum absolute atomic E-state index is 0.175. The molecule has 2 aromatic carbocycles. The maximum Gasteiger partial charge on any atom is 0.325 e. The highest BCUT2D eigenvalue weighted by Gasteiger charge is 2.49. The van der Waals surface area contributed by atoms with Gasteiger partial charge in [-0.3, -0.25) is 14.5 Å². The number of nitrogens with one attached hydrogen (secondary N) is 2. The van der Waals surface area contributed by atoms with Crippen LogP contribution in [0.4, 0.5) is 10.5 Å². The van der Waals surface area contributed by atoms with Gasteiger partial charge in [-0.15, -0.1) is 0 Å². The molecule has 4 rings (SSSR count). The minimum atomic E-state index is -0.709. The number of carbonyl (C=O) groups is 3. The molecule has 0 saturated carbocycles. The van der Waals surface area contributed by atoms with Gasteiger partial charge in [-0.25, -0.2) is 4.79 Å². The number of fused-ring (bicyclic) bond motifs is 1. The molecule has 0 radical (unpaired) electrons. The molecule has 0 aliphatic carbocycles. The Bertz CT molecular complexity index is 991. The molecule has 29 heavy (non-hydrogen) atoms. The molecule has 148 valence electrons. The molecule has 2 heterocycles. The molecule has 8 heteroatoms. The van der Waals surface area contributed by atoms with Gasteiger partial charge in [-0.1, -0.05) is 41.9 Å². The molecule has 7 nitrogen and oxygen atoms in total. The third kappa shape index (κ3) is 3.69. The number of hydrogen-bond acceptors (Lipinski definition) is 4. The van der Waals surface area contributed by atoms with E-state index in [0.717, 1.165) is 5.56 Å². The van der Waals surface area contributed by atoms with Gasteiger partial charge in [0.05, 0.1) is 18.2 Å². The number of amides is 4. The number of anilines is 1. The first-order valence-corrected chi connectivity index (χ1v) is 9.48. The average molecular weight is 411 g/mol. The molecule has 4 amide bonds. The largest absolute Gasteiger partial charge is 0.366 e. The maximum atomic E-state index is 13.0. The van der Waals surface area contributed by atoms with Gasteiger partial charge in [0.25, 0.3) is 11.8 Å². The summed E-state index contributed by atoms with van der Waals surface area (Å²) in [7, 11) is 1.72. The Morgan fingerprint density at radius 2 is 1.79 bits per heavy atom. The Morgan fingerprint density at radius 3 is 2.48 bits per heavy atom. The molecule has 0 aromatic heterocycles. The van der Waals surface area contributed by atoms with E-state index in [1.165, 1.54) is 4.90 Å². The summed E-state index contributed by atoms with van der Waals surface area (Å²) in [6.45, 7) is 0.175. The number of likely N-dealkylation sites (N-methyl/N-ethyl adjacent to an activating group) is 1. The zero-order chi connectivity index (χ0) is 20.5. The van der Waals surface area contributed by atoms with Crippen molar-refractivity contribution in [3.8, 4) is 0 Å². The standard InChI is InChI=1S/C21H19ClN4O3/c1-25-12-16(19(27)23-15-9-7-14(22)8-10-15)17-18(25)20(28)26(21(29)24-17)11-13-5-3-2-4-6-13/h2-10,12,17-18H,11H2,1H3,(H,23,27)(H,24,29). The van der Waals surface area contributed by atoms with Crippen LogP contribution in [0.1, 0.15) is 5.56 Å². The van der Waals surface area contributed by atoms with Crippen LogP contribution >= 0.6 is 11.6 Å². The fourth-order valence-electron chi connectivity index (χ4n) is 3.58. The van der Waals surface area contributed by atoms with Gasteiger partial charge in [0.2, 0.25) is 0 Å². The number of benzene rings is 2. The summed E-state index contributed by atoms with van der Waals surface area (Å²) < 4.78 is 0. The van der Waals surface area contributed by atoms with Crippen LogP contribution in [0.25, 0.3) is 0 Å². The predicted octanol–water partition coefficient (Wildman–Crippen LogP) is 2.60. The first kappa shape index (κ1) is 19.0. The van der Waals surface area contributed by atoms with E-state index < -0.39 is 18.1 Å². The monoisotopic (exact) mass is 410 g/mol. The summed E-state index contributed by atoms with van der Waals surface area (Å²) in [4.78, 5) is 41.3. The van der Waals surface area contributed by atoms with Crippen molar-refractivity contribution in [2.24, 2.45) is 0 Å². The van der Waals surface area contributed by atoms with Crippen LogP contribution in [0.3, 0.4) is 0 Å². The van der Waals surface area contributed by atoms with Crippen LogP contribution in [0.2, 0.25) is 5.02 Å². The van der Waals surface area contributed by atoms with E-state index in [2.05, 4.69) is 10.6 Å². The van der Waals surface area contributed by atoms with Gasteiger partial charge >= 0.3 is 6.03 Å². The van der Waals surface area contributed by atoms with Crippen LogP contribution < -0.4 is 10.6 Å². The van der Waals surface area contributed by atoms with E-state index in [1.54, 1.807) is 42.4 Å². The van der Waals surface area contributed by atoms with Crippen molar-refractivity contribution >= 4 is 35.1 Å². The quantitative estimate of drug-likeness (QED) is 0.811. The maximum absolute atomic E-state index is 13.0. The normalized spacial score (nSPS) is 20.8. The third-order valence-corrected chi connectivity index (χ3v) is 5.28. The fourth-order valence-corrected chi connectivity index (χ4v) is 3.71. The number of urea groups is 1. The van der Waals surface area contributed by atoms with Crippen molar-refractivity contribution in [1.82, 2.24) is 15.1 Å². The Hall–Kier alpha value is -3.32. The lowest BCUT2D eigenvalue weighted by Crippen LogP contribution is -2.64. The summed E-state index contributed by atoms with van der Waals surface area (Å²) in [5, 5.41) is 6.15. The zero-order valence-corrected chi connectivity index (χ0v) is 16.4. The van der Waals surface area contributed by atoms with Crippen molar-refractivity contribution in [3.63, 3.8) is 0 Å². The molecule has 2 aromatic rings. The van der Waals surface area contributed by atoms with Crippen LogP contribution in [0.15, 0.2) is 66.4 Å². The van der Waals surface area contributed by atoms with Crippen LogP contribution in [-0.2, 0) is 16.1 Å². The molecule has 0 spiro atoms. The lowest BCUT2D eigenvalue weighted by Gasteiger charge is -2.37. The molecule has 1 fully saturated rings. The second-order valence-corrected chi connectivity index (χ2v) is 7.43. The van der Waals surface area contributed by atoms with Crippen LogP contribution in [-0.4, -0.2) is 46.8 Å².